The van der Waals surface area contributed by atoms with Crippen molar-refractivity contribution in [1.29, 1.82) is 0 Å². The first-order valence-electron chi connectivity index (χ1n) is 10.7. The molecule has 37 heavy (non-hydrogen) atoms. The van der Waals surface area contributed by atoms with Gasteiger partial charge in [-0.15, -0.1) is 23.2 Å². The van der Waals surface area contributed by atoms with E-state index in [1.165, 1.54) is 37.3 Å². The summed E-state index contributed by atoms with van der Waals surface area (Å²) in [6.45, 7) is 1.39. The number of nitrogens with zero attached hydrogens (tertiary/aromatic N) is 1. The van der Waals surface area contributed by atoms with Crippen molar-refractivity contribution in [1.82, 2.24) is 0 Å². The van der Waals surface area contributed by atoms with E-state index < -0.39 is 50.8 Å². The summed E-state index contributed by atoms with van der Waals surface area (Å²) >= 11 is 24.7. The second-order valence-corrected chi connectivity index (χ2v) is 10.8. The average molecular weight is 588 g/mol. The highest BCUT2D eigenvalue weighted by molar-refractivity contribution is 6.53. The molecule has 0 aliphatic heterocycles. The molecular formula is C25H16Cl4F2N2O4. The van der Waals surface area contributed by atoms with Crippen molar-refractivity contribution in [3.05, 3.63) is 103 Å². The van der Waals surface area contributed by atoms with Gasteiger partial charge in [-0.25, -0.2) is 8.78 Å². The largest absolute Gasteiger partial charge is 0.326 e. The van der Waals surface area contributed by atoms with E-state index in [9.17, 15) is 28.5 Å². The fraction of sp³-hybridized carbons (Fsp3) is 0.200. The van der Waals surface area contributed by atoms with E-state index in [4.69, 9.17) is 46.4 Å². The van der Waals surface area contributed by atoms with Crippen LogP contribution < -0.4 is 5.32 Å². The average Bonchev–Trinajstić information content (AvgIpc) is 3.40. The van der Waals surface area contributed by atoms with Crippen LogP contribution in [0.25, 0.3) is 0 Å². The summed E-state index contributed by atoms with van der Waals surface area (Å²) in [6.07, 6.45) is -0.493. The van der Waals surface area contributed by atoms with Gasteiger partial charge in [-0.3, -0.25) is 19.7 Å². The van der Waals surface area contributed by atoms with Crippen molar-refractivity contribution >= 4 is 69.5 Å². The summed E-state index contributed by atoms with van der Waals surface area (Å²) in [5.74, 6) is -4.11. The van der Waals surface area contributed by atoms with Crippen LogP contribution in [0.2, 0.25) is 10.0 Å². The number of nitro groups is 1. The fourth-order valence-electron chi connectivity index (χ4n) is 4.12. The second-order valence-electron chi connectivity index (χ2n) is 8.57. The summed E-state index contributed by atoms with van der Waals surface area (Å²) in [5, 5.41) is 13.7. The van der Waals surface area contributed by atoms with Crippen LogP contribution in [0.15, 0.2) is 48.5 Å². The molecule has 1 fully saturated rings. The number of rotatable bonds is 7. The number of halogens is 6. The smallest absolute Gasteiger partial charge is 0.272 e. The lowest BCUT2D eigenvalue weighted by molar-refractivity contribution is -0.385. The molecule has 6 nitrogen and oxygen atoms in total. The minimum Gasteiger partial charge on any atom is -0.326 e. The molecule has 1 aliphatic carbocycles. The summed E-state index contributed by atoms with van der Waals surface area (Å²) in [4.78, 5) is 36.4. The maximum Gasteiger partial charge on any atom is 0.272 e. The SMILES string of the molecule is Cc1cc(F)c(CC(=O)c2cc(NC(=O)[C@H]3[C@H](c4ccc(F)c(Cl)c4)C3(Cl)Cl)ccc2Cl)cc1[N+](=O)[O-]. The van der Waals surface area contributed by atoms with E-state index in [2.05, 4.69) is 5.32 Å². The van der Waals surface area contributed by atoms with Gasteiger partial charge in [-0.2, -0.15) is 0 Å². The molecule has 0 radical (unpaired) electrons. The zero-order valence-electron chi connectivity index (χ0n) is 18.8. The van der Waals surface area contributed by atoms with Crippen molar-refractivity contribution in [2.75, 3.05) is 5.32 Å². The van der Waals surface area contributed by atoms with Gasteiger partial charge in [0.25, 0.3) is 5.69 Å². The van der Waals surface area contributed by atoms with Crippen LogP contribution >= 0.6 is 46.4 Å². The van der Waals surface area contributed by atoms with E-state index in [0.29, 0.717) is 5.56 Å². The normalized spacial score (nSPS) is 17.8. The van der Waals surface area contributed by atoms with E-state index in [0.717, 1.165) is 18.2 Å². The van der Waals surface area contributed by atoms with Crippen molar-refractivity contribution in [3.63, 3.8) is 0 Å². The molecule has 3 aromatic rings. The van der Waals surface area contributed by atoms with E-state index >= 15 is 0 Å². The number of nitro benzene ring substituents is 1. The van der Waals surface area contributed by atoms with Crippen LogP contribution in [0.3, 0.4) is 0 Å². The number of amides is 1. The number of carbonyl (C=O) groups excluding carboxylic acids is 2. The van der Waals surface area contributed by atoms with E-state index in [1.807, 2.05) is 0 Å². The predicted molar refractivity (Wildman–Crippen MR) is 138 cm³/mol. The van der Waals surface area contributed by atoms with Gasteiger partial charge in [-0.05, 0) is 48.9 Å². The highest BCUT2D eigenvalue weighted by Crippen LogP contribution is 2.65. The molecule has 3 aromatic carbocycles. The Morgan fingerprint density at radius 3 is 2.38 bits per heavy atom. The number of ketones is 1. The number of alkyl halides is 2. The molecule has 12 heteroatoms. The van der Waals surface area contributed by atoms with Gasteiger partial charge in [0.15, 0.2) is 5.78 Å². The van der Waals surface area contributed by atoms with E-state index in [-0.39, 0.29) is 38.1 Å². The van der Waals surface area contributed by atoms with Crippen LogP contribution in [-0.2, 0) is 11.2 Å². The minimum absolute atomic E-state index is 0.0252. The molecule has 1 N–H and O–H groups in total. The number of carbonyl (C=O) groups is 2. The standard InChI is InChI=1S/C25H16Cl4F2N2O4/c1-11-6-19(31)13(8-20(11)33(36)37)9-21(34)15-10-14(3-4-16(15)26)32-24(35)23-22(25(23,28)29)12-2-5-18(30)17(27)7-12/h2-8,10,22-23H,9H2,1H3,(H,32,35)/t22-,23+/m0/s1. The Kier molecular flexibility index (Phi) is 7.50. The summed E-state index contributed by atoms with van der Waals surface area (Å²) in [5.41, 5.74) is 0.293. The van der Waals surface area contributed by atoms with Crippen LogP contribution in [0, 0.1) is 34.6 Å². The Balaban J connectivity index is 1.53. The third-order valence-corrected chi connectivity index (χ3v) is 7.65. The minimum atomic E-state index is -1.46. The lowest BCUT2D eigenvalue weighted by Gasteiger charge is -2.10. The van der Waals surface area contributed by atoms with Crippen molar-refractivity contribution in [3.8, 4) is 0 Å². The number of nitrogens with one attached hydrogen (secondary N) is 1. The highest BCUT2D eigenvalue weighted by atomic mass is 35.5. The van der Waals surface area contributed by atoms with Crippen molar-refractivity contribution in [2.45, 2.75) is 23.6 Å². The summed E-state index contributed by atoms with van der Waals surface area (Å²) < 4.78 is 26.5. The Morgan fingerprint density at radius 2 is 1.73 bits per heavy atom. The number of aryl methyl sites for hydroxylation is 1. The van der Waals surface area contributed by atoms with Crippen molar-refractivity contribution in [2.24, 2.45) is 5.92 Å². The molecule has 0 saturated heterocycles. The van der Waals surface area contributed by atoms with Gasteiger partial charge in [0.05, 0.1) is 20.9 Å². The molecule has 192 valence electrons. The molecule has 1 amide bonds. The molecule has 0 heterocycles. The highest BCUT2D eigenvalue weighted by Gasteiger charge is 2.67. The Labute approximate surface area is 229 Å². The molecule has 1 saturated carbocycles. The van der Waals surface area contributed by atoms with Gasteiger partial charge in [0.2, 0.25) is 5.91 Å². The summed E-state index contributed by atoms with van der Waals surface area (Å²) in [7, 11) is 0. The molecule has 1 aliphatic rings. The Morgan fingerprint density at radius 1 is 1.03 bits per heavy atom. The van der Waals surface area contributed by atoms with Gasteiger partial charge >= 0.3 is 0 Å². The number of hydrogen-bond acceptors (Lipinski definition) is 4. The molecule has 0 unspecified atom stereocenters. The second kappa shape index (κ2) is 10.2. The number of hydrogen-bond donors (Lipinski definition) is 1. The van der Waals surface area contributed by atoms with Crippen LogP contribution in [0.1, 0.15) is 33.0 Å². The first-order chi connectivity index (χ1) is 17.3. The lowest BCUT2D eigenvalue weighted by Crippen LogP contribution is -2.17. The maximum absolute atomic E-state index is 14.4. The molecule has 0 spiro atoms. The first-order valence-corrected chi connectivity index (χ1v) is 12.2. The van der Waals surface area contributed by atoms with Gasteiger partial charge < -0.3 is 5.32 Å². The van der Waals surface area contributed by atoms with Crippen LogP contribution in [-0.4, -0.2) is 20.9 Å². The zero-order valence-corrected chi connectivity index (χ0v) is 21.9. The predicted octanol–water partition coefficient (Wildman–Crippen LogP) is 7.44. The van der Waals surface area contributed by atoms with Crippen molar-refractivity contribution < 1.29 is 23.3 Å². The Bertz CT molecular complexity index is 1460. The van der Waals surface area contributed by atoms with E-state index in [1.54, 1.807) is 0 Å². The third kappa shape index (κ3) is 5.43. The first kappa shape index (κ1) is 27.3. The lowest BCUT2D eigenvalue weighted by atomic mass is 10.00. The number of anilines is 1. The topological polar surface area (TPSA) is 89.3 Å². The zero-order chi connectivity index (χ0) is 27.2. The summed E-state index contributed by atoms with van der Waals surface area (Å²) in [6, 6.07) is 10.1. The number of Topliss-reactive ketones (excluding diaryl/α,β-unsaturated/α-hetero) is 1. The van der Waals surface area contributed by atoms with Crippen LogP contribution in [0.4, 0.5) is 20.2 Å². The van der Waals surface area contributed by atoms with Crippen LogP contribution in [0.5, 0.6) is 0 Å². The molecule has 2 atom stereocenters. The quantitative estimate of drug-likeness (QED) is 0.135. The molecule has 4 rings (SSSR count). The Hall–Kier alpha value is -2.78. The monoisotopic (exact) mass is 586 g/mol. The van der Waals surface area contributed by atoms with Gasteiger partial charge in [0.1, 0.15) is 16.0 Å². The van der Waals surface area contributed by atoms with Gasteiger partial charge in [0, 0.05) is 40.8 Å². The maximum atomic E-state index is 14.4. The van der Waals surface area contributed by atoms with Gasteiger partial charge in [-0.1, -0.05) is 29.3 Å². The fourth-order valence-corrected chi connectivity index (χ4v) is 5.36. The third-order valence-electron chi connectivity index (χ3n) is 6.09. The number of benzene rings is 3. The molecule has 0 bridgehead atoms. The molecule has 0 aromatic heterocycles. The molecular weight excluding hydrogens is 572 g/mol.